The van der Waals surface area contributed by atoms with Crippen molar-refractivity contribution in [1.82, 2.24) is 0 Å². The summed E-state index contributed by atoms with van der Waals surface area (Å²) < 4.78 is 6.07. The highest BCUT2D eigenvalue weighted by Gasteiger charge is 2.19. The molecule has 5 nitrogen and oxygen atoms in total. The molecular weight excluding hydrogens is 336 g/mol. The number of hydrogen-bond donors (Lipinski definition) is 2. The molecule has 0 aliphatic rings. The summed E-state index contributed by atoms with van der Waals surface area (Å²) in [5, 5.41) is 5.46. The molecule has 0 spiro atoms. The Morgan fingerprint density at radius 3 is 1.95 bits per heavy atom. The third kappa shape index (κ3) is 3.52. The van der Waals surface area contributed by atoms with E-state index in [9.17, 15) is 9.59 Å². The van der Waals surface area contributed by atoms with E-state index in [1.54, 1.807) is 38.1 Å². The van der Waals surface area contributed by atoms with Crippen LogP contribution in [0.3, 0.4) is 0 Å². The molecule has 21 heavy (non-hydrogen) atoms. The van der Waals surface area contributed by atoms with Crippen LogP contribution in [0.2, 0.25) is 0 Å². The molecule has 0 fully saturated rings. The summed E-state index contributed by atoms with van der Waals surface area (Å²) >= 11 is 3.35. The van der Waals surface area contributed by atoms with E-state index in [0.717, 1.165) is 0 Å². The first-order valence-corrected chi connectivity index (χ1v) is 7.12. The Balaban J connectivity index is 2.14. The number of carbonyl (C=O) groups excluding carboxylic acids is 2. The van der Waals surface area contributed by atoms with Crippen LogP contribution in [0.25, 0.3) is 0 Å². The number of hydrogen-bond acceptors (Lipinski definition) is 3. The van der Waals surface area contributed by atoms with Crippen LogP contribution in [-0.2, 0) is 4.79 Å². The average molecular weight is 351 g/mol. The van der Waals surface area contributed by atoms with Crippen LogP contribution in [-0.4, -0.2) is 11.8 Å². The summed E-state index contributed by atoms with van der Waals surface area (Å²) in [6, 6.07) is 6.89. The summed E-state index contributed by atoms with van der Waals surface area (Å²) in [7, 11) is 0. The van der Waals surface area contributed by atoms with Crippen LogP contribution in [0.4, 0.5) is 11.4 Å². The van der Waals surface area contributed by atoms with Crippen LogP contribution in [0, 0.1) is 13.8 Å². The largest absolute Gasteiger partial charge is 0.465 e. The molecule has 0 unspecified atom stereocenters. The maximum absolute atomic E-state index is 12.3. The fourth-order valence-corrected chi connectivity index (χ4v) is 2.49. The predicted octanol–water partition coefficient (Wildman–Crippen LogP) is 3.87. The molecule has 0 aliphatic heterocycles. The predicted molar refractivity (Wildman–Crippen MR) is 84.6 cm³/mol. The van der Waals surface area contributed by atoms with E-state index >= 15 is 0 Å². The molecular formula is C15H15BrN2O3. The minimum Gasteiger partial charge on any atom is -0.465 e. The zero-order valence-corrected chi connectivity index (χ0v) is 13.5. The molecule has 0 radical (unpaired) electrons. The molecule has 0 bridgehead atoms. The minimum atomic E-state index is -0.247. The van der Waals surface area contributed by atoms with Crippen molar-refractivity contribution in [2.24, 2.45) is 0 Å². The van der Waals surface area contributed by atoms with Gasteiger partial charge in [0.25, 0.3) is 5.91 Å². The van der Waals surface area contributed by atoms with Crippen molar-refractivity contribution in [2.45, 2.75) is 20.8 Å². The van der Waals surface area contributed by atoms with Crippen molar-refractivity contribution < 1.29 is 14.0 Å². The number of nitrogens with one attached hydrogen (secondary N) is 2. The Labute approximate surface area is 130 Å². The summed E-state index contributed by atoms with van der Waals surface area (Å²) in [4.78, 5) is 23.2. The van der Waals surface area contributed by atoms with E-state index in [4.69, 9.17) is 4.42 Å². The monoisotopic (exact) mass is 350 g/mol. The van der Waals surface area contributed by atoms with Crippen molar-refractivity contribution >= 4 is 39.1 Å². The first-order valence-electron chi connectivity index (χ1n) is 6.33. The van der Waals surface area contributed by atoms with Crippen LogP contribution in [0.1, 0.15) is 28.8 Å². The van der Waals surface area contributed by atoms with Gasteiger partial charge in [0.05, 0.1) is 10.0 Å². The lowest BCUT2D eigenvalue weighted by molar-refractivity contribution is -0.114. The van der Waals surface area contributed by atoms with E-state index in [1.807, 2.05) is 0 Å². The van der Waals surface area contributed by atoms with E-state index in [-0.39, 0.29) is 11.8 Å². The van der Waals surface area contributed by atoms with Gasteiger partial charge >= 0.3 is 0 Å². The topological polar surface area (TPSA) is 71.3 Å². The number of carbonyl (C=O) groups is 2. The van der Waals surface area contributed by atoms with Crippen LogP contribution < -0.4 is 10.6 Å². The molecule has 110 valence electrons. The van der Waals surface area contributed by atoms with Crippen molar-refractivity contribution in [3.63, 3.8) is 0 Å². The third-order valence-electron chi connectivity index (χ3n) is 2.88. The molecule has 0 atom stereocenters. The van der Waals surface area contributed by atoms with Crippen molar-refractivity contribution in [3.8, 4) is 0 Å². The molecule has 0 saturated carbocycles. The molecule has 6 heteroatoms. The fraction of sp³-hybridized carbons (Fsp3) is 0.200. The van der Waals surface area contributed by atoms with E-state index in [1.165, 1.54) is 6.92 Å². The Kier molecular flexibility index (Phi) is 4.47. The number of anilines is 2. The van der Waals surface area contributed by atoms with Gasteiger partial charge in [-0.25, -0.2) is 0 Å². The Morgan fingerprint density at radius 1 is 1.00 bits per heavy atom. The first kappa shape index (κ1) is 15.3. The molecule has 0 aliphatic carbocycles. The second kappa shape index (κ2) is 6.13. The molecule has 0 saturated heterocycles. The Morgan fingerprint density at radius 2 is 1.52 bits per heavy atom. The van der Waals surface area contributed by atoms with Crippen LogP contribution >= 0.6 is 15.9 Å². The first-order chi connectivity index (χ1) is 9.88. The van der Waals surface area contributed by atoms with Gasteiger partial charge in [-0.1, -0.05) is 0 Å². The van der Waals surface area contributed by atoms with Crippen molar-refractivity contribution in [2.75, 3.05) is 10.6 Å². The fourth-order valence-electron chi connectivity index (χ4n) is 1.95. The number of rotatable bonds is 3. The van der Waals surface area contributed by atoms with Gasteiger partial charge in [-0.15, -0.1) is 0 Å². The van der Waals surface area contributed by atoms with Crippen LogP contribution in [0.15, 0.2) is 33.2 Å². The number of amides is 2. The van der Waals surface area contributed by atoms with Gasteiger partial charge in [-0.3, -0.25) is 9.59 Å². The standard InChI is InChI=1S/C15H15BrN2O3/c1-8-13(14(16)9(2)21-8)15(20)18-12-6-4-11(5-7-12)17-10(3)19/h4-7H,1-3H3,(H,17,19)(H,18,20). The molecule has 2 aromatic rings. The van der Waals surface area contributed by atoms with Gasteiger partial charge < -0.3 is 15.1 Å². The zero-order valence-electron chi connectivity index (χ0n) is 11.9. The highest BCUT2D eigenvalue weighted by molar-refractivity contribution is 9.10. The molecule has 1 heterocycles. The highest BCUT2D eigenvalue weighted by Crippen LogP contribution is 2.28. The second-order valence-corrected chi connectivity index (χ2v) is 5.41. The number of benzene rings is 1. The van der Waals surface area contributed by atoms with Crippen LogP contribution in [0.5, 0.6) is 0 Å². The van der Waals surface area contributed by atoms with E-state index < -0.39 is 0 Å². The van der Waals surface area contributed by atoms with E-state index in [0.29, 0.717) is 32.9 Å². The summed E-state index contributed by atoms with van der Waals surface area (Å²) in [5.41, 5.74) is 1.80. The smallest absolute Gasteiger partial charge is 0.260 e. The summed E-state index contributed by atoms with van der Waals surface area (Å²) in [5.74, 6) is 0.842. The molecule has 2 rings (SSSR count). The van der Waals surface area contributed by atoms with Crippen molar-refractivity contribution in [1.29, 1.82) is 0 Å². The second-order valence-electron chi connectivity index (χ2n) is 4.62. The SMILES string of the molecule is CC(=O)Nc1ccc(NC(=O)c2c(C)oc(C)c2Br)cc1. The van der Waals surface area contributed by atoms with Crippen molar-refractivity contribution in [3.05, 3.63) is 45.8 Å². The quantitative estimate of drug-likeness (QED) is 0.882. The van der Waals surface area contributed by atoms with E-state index in [2.05, 4.69) is 26.6 Å². The molecule has 2 N–H and O–H groups in total. The summed E-state index contributed by atoms with van der Waals surface area (Å²) in [6.07, 6.45) is 0. The van der Waals surface area contributed by atoms with Gasteiger partial charge in [0.1, 0.15) is 11.5 Å². The summed E-state index contributed by atoms with van der Waals surface area (Å²) in [6.45, 7) is 4.97. The number of furan rings is 1. The van der Waals surface area contributed by atoms with Gasteiger partial charge in [0.2, 0.25) is 5.91 Å². The maximum atomic E-state index is 12.3. The minimum absolute atomic E-state index is 0.139. The molecule has 1 aromatic carbocycles. The lowest BCUT2D eigenvalue weighted by Gasteiger charge is -2.07. The van der Waals surface area contributed by atoms with Gasteiger partial charge in [0, 0.05) is 18.3 Å². The lowest BCUT2D eigenvalue weighted by Crippen LogP contribution is -2.13. The maximum Gasteiger partial charge on any atom is 0.260 e. The lowest BCUT2D eigenvalue weighted by atomic mass is 10.2. The number of halogens is 1. The van der Waals surface area contributed by atoms with Gasteiger partial charge in [-0.05, 0) is 54.0 Å². The zero-order chi connectivity index (χ0) is 15.6. The average Bonchev–Trinajstić information content (AvgIpc) is 2.65. The normalized spacial score (nSPS) is 10.3. The Bertz CT molecular complexity index is 690. The van der Waals surface area contributed by atoms with Gasteiger partial charge in [-0.2, -0.15) is 0 Å². The van der Waals surface area contributed by atoms with Gasteiger partial charge in [0.15, 0.2) is 0 Å². The number of aryl methyl sites for hydroxylation is 2. The third-order valence-corrected chi connectivity index (χ3v) is 3.83. The Hall–Kier alpha value is -2.08. The molecule has 1 aromatic heterocycles. The highest BCUT2D eigenvalue weighted by atomic mass is 79.9. The molecule has 2 amide bonds.